The lowest BCUT2D eigenvalue weighted by Gasteiger charge is -2.35. The molecule has 0 N–H and O–H groups in total. The fourth-order valence-electron chi connectivity index (χ4n) is 3.09. The monoisotopic (exact) mass is 333 g/mol. The lowest BCUT2D eigenvalue weighted by Crippen LogP contribution is -2.52. The summed E-state index contributed by atoms with van der Waals surface area (Å²) in [7, 11) is -1.45. The van der Waals surface area contributed by atoms with Gasteiger partial charge in [-0.25, -0.2) is 8.42 Å². The fourth-order valence-corrected chi connectivity index (χ4v) is 4.17. The molecule has 0 aliphatic carbocycles. The van der Waals surface area contributed by atoms with Crippen molar-refractivity contribution in [3.63, 3.8) is 0 Å². The number of hydrogen-bond donors (Lipinski definition) is 0. The maximum absolute atomic E-state index is 12.5. The summed E-state index contributed by atoms with van der Waals surface area (Å²) in [5, 5.41) is 0. The van der Waals surface area contributed by atoms with Crippen LogP contribution in [0.4, 0.5) is 0 Å². The van der Waals surface area contributed by atoms with Gasteiger partial charge in [-0.15, -0.1) is 0 Å². The first kappa shape index (κ1) is 17.7. The zero-order valence-electron chi connectivity index (χ0n) is 13.5. The Balaban J connectivity index is 1.81. The summed E-state index contributed by atoms with van der Waals surface area (Å²) in [5.74, 6) is 0.345. The van der Waals surface area contributed by atoms with E-state index in [0.717, 1.165) is 26.1 Å². The number of rotatable bonds is 6. The Morgan fingerprint density at radius 2 is 1.86 bits per heavy atom. The van der Waals surface area contributed by atoms with Crippen LogP contribution < -0.4 is 0 Å². The number of sulfonamides is 1. The average molecular weight is 333 g/mol. The van der Waals surface area contributed by atoms with Gasteiger partial charge in [-0.2, -0.15) is 4.31 Å². The molecular formula is C14H27N3O4S. The van der Waals surface area contributed by atoms with Crippen LogP contribution in [0.15, 0.2) is 0 Å². The molecule has 2 saturated heterocycles. The van der Waals surface area contributed by atoms with Crippen molar-refractivity contribution >= 4 is 15.9 Å². The summed E-state index contributed by atoms with van der Waals surface area (Å²) in [6.45, 7) is 6.78. The third kappa shape index (κ3) is 4.18. The number of methoxy groups -OCH3 is 1. The summed E-state index contributed by atoms with van der Waals surface area (Å²) in [6, 6.07) is 0. The van der Waals surface area contributed by atoms with Crippen molar-refractivity contribution in [3.8, 4) is 0 Å². The van der Waals surface area contributed by atoms with Crippen LogP contribution in [0.5, 0.6) is 0 Å². The van der Waals surface area contributed by atoms with E-state index in [1.54, 1.807) is 14.0 Å². The third-order valence-corrected chi connectivity index (χ3v) is 6.42. The van der Waals surface area contributed by atoms with E-state index in [-0.39, 0.29) is 17.6 Å². The molecule has 0 aromatic rings. The molecule has 8 heteroatoms. The summed E-state index contributed by atoms with van der Waals surface area (Å²) in [6.07, 6.45) is 0.885. The minimum absolute atomic E-state index is 0.0474. The second-order valence-corrected chi connectivity index (χ2v) is 8.16. The maximum Gasteiger partial charge on any atom is 0.227 e. The molecule has 0 bridgehead atoms. The van der Waals surface area contributed by atoms with Crippen molar-refractivity contribution in [3.05, 3.63) is 0 Å². The van der Waals surface area contributed by atoms with E-state index in [1.807, 2.05) is 4.90 Å². The van der Waals surface area contributed by atoms with Gasteiger partial charge < -0.3 is 14.5 Å². The van der Waals surface area contributed by atoms with E-state index in [0.29, 0.717) is 32.8 Å². The van der Waals surface area contributed by atoms with Crippen LogP contribution in [0.25, 0.3) is 0 Å². The van der Waals surface area contributed by atoms with Crippen molar-refractivity contribution in [2.24, 2.45) is 5.92 Å². The molecule has 0 radical (unpaired) electrons. The molecule has 2 heterocycles. The van der Waals surface area contributed by atoms with E-state index < -0.39 is 10.0 Å². The van der Waals surface area contributed by atoms with Crippen LogP contribution in [0.3, 0.4) is 0 Å². The van der Waals surface area contributed by atoms with E-state index in [2.05, 4.69) is 4.90 Å². The van der Waals surface area contributed by atoms with Gasteiger partial charge in [0, 0.05) is 46.4 Å². The van der Waals surface area contributed by atoms with Crippen molar-refractivity contribution in [2.75, 3.05) is 65.3 Å². The second-order valence-electron chi connectivity index (χ2n) is 5.90. The van der Waals surface area contributed by atoms with Crippen LogP contribution in [0.1, 0.15) is 13.3 Å². The van der Waals surface area contributed by atoms with Gasteiger partial charge in [-0.05, 0) is 19.9 Å². The van der Waals surface area contributed by atoms with Gasteiger partial charge in [0.25, 0.3) is 0 Å². The zero-order chi connectivity index (χ0) is 16.2. The number of hydrogen-bond acceptors (Lipinski definition) is 5. The topological polar surface area (TPSA) is 70.2 Å². The number of piperazine rings is 1. The molecule has 2 aliphatic heterocycles. The standard InChI is InChI=1S/C14H27N3O4S/c1-3-22(19,20)17-8-6-16(7-9-17)14(18)13-4-5-15(12-13)10-11-21-2/h13H,3-12H2,1-2H3. The Hall–Kier alpha value is -0.700. The predicted octanol–water partition coefficient (Wildman–Crippen LogP) is -0.551. The van der Waals surface area contributed by atoms with E-state index in [9.17, 15) is 13.2 Å². The first-order chi connectivity index (χ1) is 10.5. The SMILES string of the molecule is CCS(=O)(=O)N1CCN(C(=O)C2CCN(CCOC)C2)CC1. The molecule has 2 aliphatic rings. The zero-order valence-corrected chi connectivity index (χ0v) is 14.3. The Bertz CT molecular complexity index is 474. The van der Waals surface area contributed by atoms with Gasteiger partial charge in [-0.1, -0.05) is 0 Å². The summed E-state index contributed by atoms with van der Waals surface area (Å²) in [4.78, 5) is 16.6. The minimum Gasteiger partial charge on any atom is -0.383 e. The Morgan fingerprint density at radius 1 is 1.18 bits per heavy atom. The molecule has 0 saturated carbocycles. The Kier molecular flexibility index (Phi) is 6.19. The number of nitrogens with zero attached hydrogens (tertiary/aromatic N) is 3. The smallest absolute Gasteiger partial charge is 0.227 e. The van der Waals surface area contributed by atoms with E-state index in [4.69, 9.17) is 4.74 Å². The summed E-state index contributed by atoms with van der Waals surface area (Å²) >= 11 is 0. The van der Waals surface area contributed by atoms with Crippen molar-refractivity contribution < 1.29 is 17.9 Å². The lowest BCUT2D eigenvalue weighted by atomic mass is 10.1. The molecule has 128 valence electrons. The summed E-state index contributed by atoms with van der Waals surface area (Å²) in [5.41, 5.74) is 0. The van der Waals surface area contributed by atoms with Gasteiger partial charge in [0.05, 0.1) is 18.3 Å². The average Bonchev–Trinajstić information content (AvgIpc) is 3.01. The van der Waals surface area contributed by atoms with Crippen LogP contribution in [-0.4, -0.2) is 93.7 Å². The number of amides is 1. The highest BCUT2D eigenvalue weighted by atomic mass is 32.2. The van der Waals surface area contributed by atoms with Gasteiger partial charge in [0.2, 0.25) is 15.9 Å². The van der Waals surface area contributed by atoms with Gasteiger partial charge in [-0.3, -0.25) is 4.79 Å². The molecule has 0 aromatic carbocycles. The highest BCUT2D eigenvalue weighted by Crippen LogP contribution is 2.20. The third-order valence-electron chi connectivity index (χ3n) is 4.54. The highest BCUT2D eigenvalue weighted by Gasteiger charge is 2.34. The number of likely N-dealkylation sites (tertiary alicyclic amines) is 1. The van der Waals surface area contributed by atoms with Crippen LogP contribution in [0, 0.1) is 5.92 Å². The quantitative estimate of drug-likeness (QED) is 0.652. The van der Waals surface area contributed by atoms with Crippen LogP contribution in [-0.2, 0) is 19.6 Å². The molecule has 7 nitrogen and oxygen atoms in total. The molecular weight excluding hydrogens is 306 g/mol. The van der Waals surface area contributed by atoms with Crippen molar-refractivity contribution in [1.29, 1.82) is 0 Å². The first-order valence-electron chi connectivity index (χ1n) is 7.96. The molecule has 1 unspecified atom stereocenters. The number of carbonyl (C=O) groups excluding carboxylic acids is 1. The van der Waals surface area contributed by atoms with E-state index >= 15 is 0 Å². The highest BCUT2D eigenvalue weighted by molar-refractivity contribution is 7.89. The molecule has 0 aromatic heterocycles. The number of ether oxygens (including phenoxy) is 1. The van der Waals surface area contributed by atoms with Crippen LogP contribution in [0.2, 0.25) is 0 Å². The maximum atomic E-state index is 12.5. The fraction of sp³-hybridized carbons (Fsp3) is 0.929. The molecule has 2 fully saturated rings. The van der Waals surface area contributed by atoms with E-state index in [1.165, 1.54) is 4.31 Å². The van der Waals surface area contributed by atoms with Crippen LogP contribution >= 0.6 is 0 Å². The normalized spacial score (nSPS) is 24.8. The van der Waals surface area contributed by atoms with Crippen molar-refractivity contribution in [2.45, 2.75) is 13.3 Å². The molecule has 1 atom stereocenters. The molecule has 2 rings (SSSR count). The largest absolute Gasteiger partial charge is 0.383 e. The Morgan fingerprint density at radius 3 is 2.45 bits per heavy atom. The lowest BCUT2D eigenvalue weighted by molar-refractivity contribution is -0.136. The molecule has 1 amide bonds. The predicted molar refractivity (Wildman–Crippen MR) is 84.0 cm³/mol. The number of carbonyl (C=O) groups is 1. The summed E-state index contributed by atoms with van der Waals surface area (Å²) < 4.78 is 30.2. The molecule has 22 heavy (non-hydrogen) atoms. The Labute approximate surface area is 133 Å². The first-order valence-corrected chi connectivity index (χ1v) is 9.56. The second kappa shape index (κ2) is 7.72. The van der Waals surface area contributed by atoms with Gasteiger partial charge in [0.1, 0.15) is 0 Å². The van der Waals surface area contributed by atoms with Gasteiger partial charge >= 0.3 is 0 Å². The van der Waals surface area contributed by atoms with Gasteiger partial charge in [0.15, 0.2) is 0 Å². The molecule has 0 spiro atoms. The van der Waals surface area contributed by atoms with Crippen molar-refractivity contribution in [1.82, 2.24) is 14.1 Å². The minimum atomic E-state index is -3.14.